The van der Waals surface area contributed by atoms with Crippen molar-refractivity contribution in [3.63, 3.8) is 0 Å². The number of carbonyl (C=O) groups excluding carboxylic acids is 1. The van der Waals surface area contributed by atoms with E-state index in [1.165, 1.54) is 11.1 Å². The van der Waals surface area contributed by atoms with Crippen molar-refractivity contribution in [1.29, 1.82) is 0 Å². The molecule has 0 radical (unpaired) electrons. The summed E-state index contributed by atoms with van der Waals surface area (Å²) in [6, 6.07) is 8.61. The van der Waals surface area contributed by atoms with Crippen LogP contribution in [0.3, 0.4) is 0 Å². The molecular weight excluding hydrogens is 486 g/mol. The lowest BCUT2D eigenvalue weighted by molar-refractivity contribution is -0.148. The lowest BCUT2D eigenvalue weighted by Crippen LogP contribution is -2.31. The van der Waals surface area contributed by atoms with Gasteiger partial charge in [-0.3, -0.25) is 14.8 Å². The average Bonchev–Trinajstić information content (AvgIpc) is 3.23. The Labute approximate surface area is 234 Å². The van der Waals surface area contributed by atoms with Crippen LogP contribution >= 0.6 is 0 Å². The molecule has 0 aromatic heterocycles. The largest absolute Gasteiger partial charge is 0.466 e. The Balaban J connectivity index is 1.76. The summed E-state index contributed by atoms with van der Waals surface area (Å²) in [6.07, 6.45) is 20.2. The highest BCUT2D eigenvalue weighted by molar-refractivity contribution is 6.13. The van der Waals surface area contributed by atoms with E-state index in [2.05, 4.69) is 71.9 Å². The number of esters is 1. The maximum atomic E-state index is 12.0. The summed E-state index contributed by atoms with van der Waals surface area (Å²) in [7, 11) is 0. The minimum atomic E-state index is -0.0968. The zero-order valence-corrected chi connectivity index (χ0v) is 23.8. The van der Waals surface area contributed by atoms with Gasteiger partial charge in [-0.15, -0.1) is 0 Å². The van der Waals surface area contributed by atoms with Crippen LogP contribution < -0.4 is 11.2 Å². The number of benzene rings is 1. The molecule has 2 atom stereocenters. The fourth-order valence-electron chi connectivity index (χ4n) is 4.79. The minimum absolute atomic E-state index is 0.0521. The number of ether oxygens (including phenoxy) is 1. The standard InChI is InChI=1S/C32H45N5O2/c1-4-12-30-35-21-11-15-29(27-13-9-7-8-10-14-27)31(36-24-37(30)33)28-18-16-25(17-19-28)23-34-22-20-26(5-2)32(38)39-6-3/h7-9,12-13,15-19,21,26-27,34H,4-6,10-11,14,20,22-24,33H2,1-3H3/b29-15-,30-12-,35-21-,36-31-. The van der Waals surface area contributed by atoms with Crippen LogP contribution in [0.15, 0.2) is 82.1 Å². The molecule has 7 nitrogen and oxygen atoms in total. The molecule has 0 amide bonds. The second-order valence-electron chi connectivity index (χ2n) is 9.81. The summed E-state index contributed by atoms with van der Waals surface area (Å²) in [5.74, 6) is 7.23. The Hall–Kier alpha value is -3.29. The van der Waals surface area contributed by atoms with Crippen molar-refractivity contribution in [3.05, 3.63) is 83.2 Å². The van der Waals surface area contributed by atoms with E-state index in [1.807, 2.05) is 26.1 Å². The molecule has 1 aromatic carbocycles. The van der Waals surface area contributed by atoms with Gasteiger partial charge in [0.2, 0.25) is 0 Å². The van der Waals surface area contributed by atoms with Crippen molar-refractivity contribution >= 4 is 17.9 Å². The van der Waals surface area contributed by atoms with Gasteiger partial charge in [-0.1, -0.05) is 68.5 Å². The number of hydrogen-bond acceptors (Lipinski definition) is 7. The molecule has 2 aliphatic rings. The lowest BCUT2D eigenvalue weighted by atomic mass is 9.87. The van der Waals surface area contributed by atoms with Gasteiger partial charge in [-0.25, -0.2) is 10.8 Å². The second kappa shape index (κ2) is 16.6. The molecule has 1 aromatic rings. The van der Waals surface area contributed by atoms with Gasteiger partial charge in [0.15, 0.2) is 0 Å². The quantitative estimate of drug-likeness (QED) is 0.212. The van der Waals surface area contributed by atoms with Crippen molar-refractivity contribution in [3.8, 4) is 0 Å². The van der Waals surface area contributed by atoms with Crippen molar-refractivity contribution in [1.82, 2.24) is 10.3 Å². The van der Waals surface area contributed by atoms with E-state index in [9.17, 15) is 4.79 Å². The highest BCUT2D eigenvalue weighted by atomic mass is 16.5. The average molecular weight is 532 g/mol. The number of allylic oxidation sites excluding steroid dienone is 7. The maximum Gasteiger partial charge on any atom is 0.308 e. The van der Waals surface area contributed by atoms with Gasteiger partial charge in [-0.05, 0) is 62.8 Å². The Morgan fingerprint density at radius 1 is 1.23 bits per heavy atom. The summed E-state index contributed by atoms with van der Waals surface area (Å²) >= 11 is 0. The van der Waals surface area contributed by atoms with Gasteiger partial charge in [0.25, 0.3) is 0 Å². The number of rotatable bonds is 11. The van der Waals surface area contributed by atoms with Crippen LogP contribution in [0, 0.1) is 11.8 Å². The molecule has 210 valence electrons. The Kier molecular flexibility index (Phi) is 12.9. The van der Waals surface area contributed by atoms with E-state index in [4.69, 9.17) is 15.6 Å². The fraction of sp³-hybridized carbons (Fsp3) is 0.469. The number of hydrazine groups is 1. The number of nitrogens with one attached hydrogen (secondary N) is 1. The van der Waals surface area contributed by atoms with E-state index >= 15 is 0 Å². The van der Waals surface area contributed by atoms with Crippen LogP contribution in [0.5, 0.6) is 0 Å². The molecule has 0 bridgehead atoms. The zero-order chi connectivity index (χ0) is 27.9. The van der Waals surface area contributed by atoms with Gasteiger partial charge < -0.3 is 10.1 Å². The molecule has 1 heterocycles. The van der Waals surface area contributed by atoms with Crippen LogP contribution in [0.2, 0.25) is 0 Å². The van der Waals surface area contributed by atoms with E-state index in [0.717, 1.165) is 62.3 Å². The number of nitrogens with zero attached hydrogens (tertiary/aromatic N) is 3. The predicted molar refractivity (Wildman–Crippen MR) is 161 cm³/mol. The minimum Gasteiger partial charge on any atom is -0.466 e. The Morgan fingerprint density at radius 2 is 2.05 bits per heavy atom. The van der Waals surface area contributed by atoms with Crippen LogP contribution in [-0.4, -0.2) is 42.7 Å². The number of carbonyl (C=O) groups is 1. The molecule has 3 rings (SSSR count). The molecule has 1 aliphatic heterocycles. The molecule has 0 saturated heterocycles. The molecule has 2 unspecified atom stereocenters. The summed E-state index contributed by atoms with van der Waals surface area (Å²) in [4.78, 5) is 21.7. The molecule has 7 heteroatoms. The molecular formula is C32H45N5O2. The van der Waals surface area contributed by atoms with Crippen LogP contribution in [0.1, 0.15) is 70.4 Å². The normalized spacial score (nSPS) is 23.3. The highest BCUT2D eigenvalue weighted by Crippen LogP contribution is 2.27. The topological polar surface area (TPSA) is 92.3 Å². The number of aliphatic imine (C=N–C) groups is 2. The summed E-state index contributed by atoms with van der Waals surface area (Å²) in [5.41, 5.74) is 4.46. The first-order valence-corrected chi connectivity index (χ1v) is 14.4. The highest BCUT2D eigenvalue weighted by Gasteiger charge is 2.20. The third-order valence-electron chi connectivity index (χ3n) is 6.98. The smallest absolute Gasteiger partial charge is 0.308 e. The molecule has 0 saturated carbocycles. The first kappa shape index (κ1) is 30.3. The number of hydrogen-bond donors (Lipinski definition) is 2. The molecule has 0 spiro atoms. The summed E-state index contributed by atoms with van der Waals surface area (Å²) in [6.45, 7) is 8.22. The third kappa shape index (κ3) is 9.44. The van der Waals surface area contributed by atoms with Gasteiger partial charge in [-0.2, -0.15) is 0 Å². The predicted octanol–water partition coefficient (Wildman–Crippen LogP) is 5.85. The van der Waals surface area contributed by atoms with Crippen molar-refractivity contribution in [2.75, 3.05) is 19.8 Å². The lowest BCUT2D eigenvalue weighted by Gasteiger charge is -2.23. The second-order valence-corrected chi connectivity index (χ2v) is 9.81. The zero-order valence-electron chi connectivity index (χ0n) is 23.8. The monoisotopic (exact) mass is 531 g/mol. The maximum absolute atomic E-state index is 12.0. The first-order chi connectivity index (χ1) is 19.1. The Bertz CT molecular complexity index is 1100. The van der Waals surface area contributed by atoms with Crippen LogP contribution in [0.25, 0.3) is 0 Å². The molecule has 3 N–H and O–H groups in total. The van der Waals surface area contributed by atoms with Crippen LogP contribution in [-0.2, 0) is 16.1 Å². The van der Waals surface area contributed by atoms with Gasteiger partial charge in [0.05, 0.1) is 18.2 Å². The first-order valence-electron chi connectivity index (χ1n) is 14.4. The van der Waals surface area contributed by atoms with Gasteiger partial charge >= 0.3 is 5.97 Å². The van der Waals surface area contributed by atoms with E-state index in [1.54, 1.807) is 5.01 Å². The fourth-order valence-corrected chi connectivity index (χ4v) is 4.79. The van der Waals surface area contributed by atoms with E-state index < -0.39 is 0 Å². The molecule has 0 fully saturated rings. The molecule has 39 heavy (non-hydrogen) atoms. The van der Waals surface area contributed by atoms with Gasteiger partial charge in [0, 0.05) is 30.7 Å². The van der Waals surface area contributed by atoms with E-state index in [-0.39, 0.29) is 17.8 Å². The van der Waals surface area contributed by atoms with Crippen LogP contribution in [0.4, 0.5) is 0 Å². The van der Waals surface area contributed by atoms with Crippen molar-refractivity contribution in [2.24, 2.45) is 27.7 Å². The Morgan fingerprint density at radius 3 is 2.79 bits per heavy atom. The van der Waals surface area contributed by atoms with E-state index in [0.29, 0.717) is 19.7 Å². The molecule has 1 aliphatic carbocycles. The summed E-state index contributed by atoms with van der Waals surface area (Å²) in [5, 5.41) is 5.09. The summed E-state index contributed by atoms with van der Waals surface area (Å²) < 4.78 is 5.19. The van der Waals surface area contributed by atoms with Crippen molar-refractivity contribution in [2.45, 2.75) is 65.8 Å². The third-order valence-corrected chi connectivity index (χ3v) is 6.98. The van der Waals surface area contributed by atoms with Crippen molar-refractivity contribution < 1.29 is 9.53 Å². The van der Waals surface area contributed by atoms with Gasteiger partial charge in [0.1, 0.15) is 12.5 Å². The number of nitrogens with two attached hydrogens (primary N) is 1. The SMILES string of the molecule is CC/C=C1/N=C\C/C=C(C2C=CC=CCC2)\C(c2ccc(CNCCC(CC)C(=O)OCC)cc2)=N/CN1N.